The van der Waals surface area contributed by atoms with Gasteiger partial charge in [0.25, 0.3) is 0 Å². The molecule has 98 valence electrons. The lowest BCUT2D eigenvalue weighted by atomic mass is 10.1. The maximum Gasteiger partial charge on any atom is 0.348 e. The normalized spacial score (nSPS) is 10.4. The highest BCUT2D eigenvalue weighted by atomic mass is 16.6. The first-order chi connectivity index (χ1) is 8.99. The third kappa shape index (κ3) is 2.59. The lowest BCUT2D eigenvalue weighted by molar-refractivity contribution is -0.385. The highest BCUT2D eigenvalue weighted by molar-refractivity contribution is 5.50. The number of rotatable bonds is 3. The molecule has 2 rings (SSSR count). The number of nitro groups is 1. The van der Waals surface area contributed by atoms with E-state index in [1.54, 1.807) is 12.1 Å². The van der Waals surface area contributed by atoms with Gasteiger partial charge in [-0.05, 0) is 24.1 Å². The van der Waals surface area contributed by atoms with E-state index in [4.69, 9.17) is 5.73 Å². The van der Waals surface area contributed by atoms with Gasteiger partial charge in [0.05, 0.1) is 17.7 Å². The molecular formula is C12H12N4O3. The number of hydrogen-bond acceptors (Lipinski definition) is 5. The minimum Gasteiger partial charge on any atom is -0.399 e. The van der Waals surface area contributed by atoms with E-state index < -0.39 is 10.6 Å². The van der Waals surface area contributed by atoms with Gasteiger partial charge in [0.15, 0.2) is 0 Å². The van der Waals surface area contributed by atoms with E-state index in [-0.39, 0.29) is 12.2 Å². The Hall–Kier alpha value is -2.70. The first-order valence-corrected chi connectivity index (χ1v) is 5.54. The van der Waals surface area contributed by atoms with Crippen LogP contribution in [-0.2, 0) is 6.54 Å². The molecule has 19 heavy (non-hydrogen) atoms. The van der Waals surface area contributed by atoms with E-state index in [0.717, 1.165) is 17.3 Å². The van der Waals surface area contributed by atoms with Gasteiger partial charge in [0.2, 0.25) is 0 Å². The molecule has 0 unspecified atom stereocenters. The highest BCUT2D eigenvalue weighted by Gasteiger charge is 2.10. The van der Waals surface area contributed by atoms with Crippen molar-refractivity contribution in [1.29, 1.82) is 0 Å². The van der Waals surface area contributed by atoms with Crippen molar-refractivity contribution in [3.8, 4) is 0 Å². The van der Waals surface area contributed by atoms with Crippen molar-refractivity contribution >= 4 is 11.4 Å². The van der Waals surface area contributed by atoms with Crippen molar-refractivity contribution in [2.45, 2.75) is 13.5 Å². The monoisotopic (exact) mass is 260 g/mol. The minimum absolute atomic E-state index is 0.199. The summed E-state index contributed by atoms with van der Waals surface area (Å²) < 4.78 is 1.19. The number of nitrogens with two attached hydrogens (primary N) is 1. The van der Waals surface area contributed by atoms with Gasteiger partial charge >= 0.3 is 11.4 Å². The Morgan fingerprint density at radius 3 is 2.89 bits per heavy atom. The second-order valence-electron chi connectivity index (χ2n) is 4.11. The second kappa shape index (κ2) is 4.89. The average molecular weight is 260 g/mol. The Balaban J connectivity index is 2.43. The maximum absolute atomic E-state index is 11.6. The summed E-state index contributed by atoms with van der Waals surface area (Å²) in [6.45, 7) is 2.03. The molecule has 0 aliphatic heterocycles. The van der Waals surface area contributed by atoms with Crippen LogP contribution in [0.2, 0.25) is 0 Å². The molecule has 0 aliphatic carbocycles. The van der Waals surface area contributed by atoms with Gasteiger partial charge in [-0.15, -0.1) is 0 Å². The Bertz CT molecular complexity index is 694. The molecule has 1 aromatic carbocycles. The molecule has 1 aromatic heterocycles. The quantitative estimate of drug-likeness (QED) is 0.505. The molecule has 0 spiro atoms. The fourth-order valence-corrected chi connectivity index (χ4v) is 1.71. The van der Waals surface area contributed by atoms with Crippen LogP contribution >= 0.6 is 0 Å². The van der Waals surface area contributed by atoms with Crippen LogP contribution in [0.3, 0.4) is 0 Å². The van der Waals surface area contributed by atoms with Gasteiger partial charge in [-0.25, -0.2) is 4.79 Å². The molecule has 7 heteroatoms. The summed E-state index contributed by atoms with van der Waals surface area (Å²) in [5, 5.41) is 10.7. The van der Waals surface area contributed by atoms with Crippen LogP contribution in [0.25, 0.3) is 0 Å². The van der Waals surface area contributed by atoms with E-state index in [9.17, 15) is 14.9 Å². The Kier molecular flexibility index (Phi) is 3.28. The molecular weight excluding hydrogens is 248 g/mol. The number of benzene rings is 1. The zero-order chi connectivity index (χ0) is 14.0. The summed E-state index contributed by atoms with van der Waals surface area (Å²) in [5.74, 6) is 0. The molecule has 1 heterocycles. The Labute approximate surface area is 108 Å². The number of aromatic nitrogens is 2. The average Bonchev–Trinajstić information content (AvgIpc) is 2.37. The molecule has 0 saturated heterocycles. The van der Waals surface area contributed by atoms with E-state index in [0.29, 0.717) is 5.69 Å². The first-order valence-electron chi connectivity index (χ1n) is 5.54. The lowest BCUT2D eigenvalue weighted by Gasteiger charge is -2.09. The summed E-state index contributed by atoms with van der Waals surface area (Å²) >= 11 is 0. The van der Waals surface area contributed by atoms with Crippen LogP contribution in [-0.4, -0.2) is 14.5 Å². The zero-order valence-corrected chi connectivity index (χ0v) is 10.2. The Morgan fingerprint density at radius 2 is 2.21 bits per heavy atom. The van der Waals surface area contributed by atoms with Crippen molar-refractivity contribution in [3.05, 3.63) is 62.3 Å². The van der Waals surface area contributed by atoms with Crippen molar-refractivity contribution in [2.75, 3.05) is 5.73 Å². The lowest BCUT2D eigenvalue weighted by Crippen LogP contribution is -2.23. The topological polar surface area (TPSA) is 104 Å². The molecule has 0 amide bonds. The van der Waals surface area contributed by atoms with Gasteiger partial charge in [-0.1, -0.05) is 12.1 Å². The highest BCUT2D eigenvalue weighted by Crippen LogP contribution is 2.16. The van der Waals surface area contributed by atoms with E-state index in [1.807, 2.05) is 13.0 Å². The Morgan fingerprint density at radius 1 is 1.47 bits per heavy atom. The fourth-order valence-electron chi connectivity index (χ4n) is 1.71. The smallest absolute Gasteiger partial charge is 0.348 e. The van der Waals surface area contributed by atoms with Gasteiger partial charge in [0.1, 0.15) is 6.20 Å². The van der Waals surface area contributed by atoms with Gasteiger partial charge in [0, 0.05) is 5.69 Å². The van der Waals surface area contributed by atoms with Crippen molar-refractivity contribution in [1.82, 2.24) is 9.55 Å². The summed E-state index contributed by atoms with van der Waals surface area (Å²) in [7, 11) is 0. The van der Waals surface area contributed by atoms with Crippen LogP contribution in [0, 0.1) is 17.0 Å². The number of nitrogen functional groups attached to an aromatic ring is 1. The molecule has 0 saturated carbocycles. The standard InChI is InChI=1S/C12H12N4O3/c1-8-9(3-2-4-11(8)13)6-15-7-10(16(18)19)5-14-12(15)17/h2-5,7H,6,13H2,1H3. The molecule has 0 radical (unpaired) electrons. The summed E-state index contributed by atoms with van der Waals surface area (Å²) in [5.41, 5.74) is 7.31. The molecule has 0 bridgehead atoms. The fraction of sp³-hybridized carbons (Fsp3) is 0.167. The third-order valence-electron chi connectivity index (χ3n) is 2.88. The van der Waals surface area contributed by atoms with Crippen LogP contribution in [0.5, 0.6) is 0 Å². The summed E-state index contributed by atoms with van der Waals surface area (Å²) in [6, 6.07) is 5.34. The minimum atomic E-state index is -0.588. The molecule has 0 fully saturated rings. The van der Waals surface area contributed by atoms with Gasteiger partial charge in [-0.3, -0.25) is 14.7 Å². The van der Waals surface area contributed by atoms with Crippen molar-refractivity contribution in [3.63, 3.8) is 0 Å². The van der Waals surface area contributed by atoms with E-state index >= 15 is 0 Å². The molecule has 0 atom stereocenters. The van der Waals surface area contributed by atoms with Gasteiger partial charge < -0.3 is 5.73 Å². The van der Waals surface area contributed by atoms with Gasteiger partial charge in [-0.2, -0.15) is 4.98 Å². The van der Waals surface area contributed by atoms with Crippen LogP contribution in [0.15, 0.2) is 35.4 Å². The summed E-state index contributed by atoms with van der Waals surface area (Å²) in [4.78, 5) is 25.2. The second-order valence-corrected chi connectivity index (χ2v) is 4.11. The molecule has 0 aliphatic rings. The van der Waals surface area contributed by atoms with E-state index in [2.05, 4.69) is 4.98 Å². The third-order valence-corrected chi connectivity index (χ3v) is 2.88. The summed E-state index contributed by atoms with van der Waals surface area (Å²) in [6.07, 6.45) is 2.13. The SMILES string of the molecule is Cc1c(N)cccc1Cn1cc([N+](=O)[O-])cnc1=O. The number of nitrogens with zero attached hydrogens (tertiary/aromatic N) is 3. The van der Waals surface area contributed by atoms with Crippen molar-refractivity contribution in [2.24, 2.45) is 0 Å². The first kappa shape index (κ1) is 12.7. The maximum atomic E-state index is 11.6. The van der Waals surface area contributed by atoms with Crippen LogP contribution in [0.1, 0.15) is 11.1 Å². The predicted octanol–water partition coefficient (Wildman–Crippen LogP) is 1.09. The van der Waals surface area contributed by atoms with E-state index in [1.165, 1.54) is 10.8 Å². The number of hydrogen-bond donors (Lipinski definition) is 1. The zero-order valence-electron chi connectivity index (χ0n) is 10.2. The molecule has 2 aromatic rings. The largest absolute Gasteiger partial charge is 0.399 e. The predicted molar refractivity (Wildman–Crippen MR) is 69.8 cm³/mol. The molecule has 7 nitrogen and oxygen atoms in total. The van der Waals surface area contributed by atoms with Crippen LogP contribution in [0.4, 0.5) is 11.4 Å². The van der Waals surface area contributed by atoms with Crippen molar-refractivity contribution < 1.29 is 4.92 Å². The van der Waals surface area contributed by atoms with Crippen LogP contribution < -0.4 is 11.4 Å². The molecule has 2 N–H and O–H groups in total. The number of anilines is 1.